The van der Waals surface area contributed by atoms with Crippen molar-refractivity contribution in [2.45, 2.75) is 6.54 Å². The average Bonchev–Trinajstić information content (AvgIpc) is 2.78. The molecule has 1 aromatic heterocycles. The van der Waals surface area contributed by atoms with Crippen molar-refractivity contribution in [3.8, 4) is 0 Å². The summed E-state index contributed by atoms with van der Waals surface area (Å²) in [5.41, 5.74) is 2.14. The highest BCUT2D eigenvalue weighted by molar-refractivity contribution is 9.10. The minimum absolute atomic E-state index is 0.315. The molecule has 3 rings (SSSR count). The first-order valence-electron chi connectivity index (χ1n) is 5.57. The van der Waals surface area contributed by atoms with Gasteiger partial charge in [-0.15, -0.1) is 5.10 Å². The number of hydrogen-bond acceptors (Lipinski definition) is 2. The number of hydrogen-bond donors (Lipinski definition) is 0. The lowest BCUT2D eigenvalue weighted by Gasteiger charge is -2.04. The predicted octanol–water partition coefficient (Wildman–Crippen LogP) is 4.03. The van der Waals surface area contributed by atoms with Crippen molar-refractivity contribution in [1.82, 2.24) is 15.0 Å². The van der Waals surface area contributed by atoms with Crippen LogP contribution in [0.3, 0.4) is 0 Å². The van der Waals surface area contributed by atoms with Crippen molar-refractivity contribution in [3.63, 3.8) is 0 Å². The third-order valence-electron chi connectivity index (χ3n) is 2.83. The van der Waals surface area contributed by atoms with Crippen LogP contribution in [0.2, 0.25) is 5.02 Å². The van der Waals surface area contributed by atoms with Crippen LogP contribution in [0.25, 0.3) is 11.0 Å². The smallest absolute Gasteiger partial charge is 0.129 e. The SMILES string of the molecule is Fc1cc(Cl)ccc1Cn1nnc2c(Br)cccc21. The number of nitrogens with zero attached hydrogens (tertiary/aromatic N) is 3. The molecule has 2 aromatic carbocycles. The highest BCUT2D eigenvalue weighted by Crippen LogP contribution is 2.22. The molecule has 0 fully saturated rings. The van der Waals surface area contributed by atoms with E-state index in [1.165, 1.54) is 6.07 Å². The quantitative estimate of drug-likeness (QED) is 0.705. The van der Waals surface area contributed by atoms with Gasteiger partial charge < -0.3 is 0 Å². The molecule has 0 aliphatic carbocycles. The minimum Gasteiger partial charge on any atom is -0.240 e. The van der Waals surface area contributed by atoms with Gasteiger partial charge >= 0.3 is 0 Å². The molecule has 0 N–H and O–H groups in total. The average molecular weight is 341 g/mol. The largest absolute Gasteiger partial charge is 0.240 e. The highest BCUT2D eigenvalue weighted by atomic mass is 79.9. The Morgan fingerprint density at radius 3 is 2.89 bits per heavy atom. The molecule has 3 nitrogen and oxygen atoms in total. The lowest BCUT2D eigenvalue weighted by Crippen LogP contribution is -2.03. The van der Waals surface area contributed by atoms with Crippen LogP contribution >= 0.6 is 27.5 Å². The summed E-state index contributed by atoms with van der Waals surface area (Å²) in [6, 6.07) is 10.3. The standard InChI is InChI=1S/C13H8BrClFN3/c14-10-2-1-3-12-13(10)17-18-19(12)7-8-4-5-9(15)6-11(8)16/h1-6H,7H2. The lowest BCUT2D eigenvalue weighted by atomic mass is 10.2. The van der Waals surface area contributed by atoms with Gasteiger partial charge in [-0.25, -0.2) is 9.07 Å². The summed E-state index contributed by atoms with van der Waals surface area (Å²) in [5.74, 6) is -0.342. The van der Waals surface area contributed by atoms with Gasteiger partial charge in [0.05, 0.1) is 12.1 Å². The summed E-state index contributed by atoms with van der Waals surface area (Å²) in [5, 5.41) is 8.51. The number of benzene rings is 2. The van der Waals surface area contributed by atoms with Gasteiger partial charge in [0.25, 0.3) is 0 Å². The Labute approximate surface area is 122 Å². The third-order valence-corrected chi connectivity index (χ3v) is 3.71. The van der Waals surface area contributed by atoms with Gasteiger partial charge in [-0.3, -0.25) is 0 Å². The van der Waals surface area contributed by atoms with Crippen LogP contribution in [-0.4, -0.2) is 15.0 Å². The van der Waals surface area contributed by atoms with Crippen LogP contribution in [0.4, 0.5) is 4.39 Å². The Morgan fingerprint density at radius 1 is 1.26 bits per heavy atom. The Morgan fingerprint density at radius 2 is 2.11 bits per heavy atom. The molecule has 0 radical (unpaired) electrons. The summed E-state index contributed by atoms with van der Waals surface area (Å²) in [6.45, 7) is 0.315. The Hall–Kier alpha value is -1.46. The van der Waals surface area contributed by atoms with Gasteiger partial charge in [0.1, 0.15) is 11.3 Å². The molecule has 0 bridgehead atoms. The fourth-order valence-corrected chi connectivity index (χ4v) is 2.48. The fourth-order valence-electron chi connectivity index (χ4n) is 1.89. The van der Waals surface area contributed by atoms with Crippen LogP contribution in [0.15, 0.2) is 40.9 Å². The number of fused-ring (bicyclic) bond motifs is 1. The molecule has 0 aliphatic rings. The van der Waals surface area contributed by atoms with Crippen molar-refractivity contribution in [3.05, 3.63) is 57.3 Å². The summed E-state index contributed by atoms with van der Waals surface area (Å²) < 4.78 is 16.3. The maximum absolute atomic E-state index is 13.8. The molecule has 0 saturated carbocycles. The van der Waals surface area contributed by atoms with Crippen LogP contribution in [-0.2, 0) is 6.54 Å². The topological polar surface area (TPSA) is 30.7 Å². The fraction of sp³-hybridized carbons (Fsp3) is 0.0769. The molecular weight excluding hydrogens is 333 g/mol. The second kappa shape index (κ2) is 4.90. The molecular formula is C13H8BrClFN3. The Bertz CT molecular complexity index is 757. The van der Waals surface area contributed by atoms with E-state index in [1.54, 1.807) is 16.8 Å². The molecule has 0 amide bonds. The van der Waals surface area contributed by atoms with Crippen LogP contribution in [0.1, 0.15) is 5.56 Å². The molecule has 0 saturated heterocycles. The van der Waals surface area contributed by atoms with Gasteiger partial charge in [-0.1, -0.05) is 28.9 Å². The zero-order valence-corrected chi connectivity index (χ0v) is 12.0. The molecule has 3 aromatic rings. The second-order valence-electron chi connectivity index (χ2n) is 4.09. The lowest BCUT2D eigenvalue weighted by molar-refractivity contribution is 0.583. The van der Waals surface area contributed by atoms with E-state index in [4.69, 9.17) is 11.6 Å². The van der Waals surface area contributed by atoms with Crippen LogP contribution in [0.5, 0.6) is 0 Å². The Balaban J connectivity index is 2.04. The van der Waals surface area contributed by atoms with Crippen molar-refractivity contribution < 1.29 is 4.39 Å². The van der Waals surface area contributed by atoms with E-state index < -0.39 is 0 Å². The monoisotopic (exact) mass is 339 g/mol. The number of aromatic nitrogens is 3. The normalized spacial score (nSPS) is 11.1. The van der Waals surface area contributed by atoms with Crippen LogP contribution in [0, 0.1) is 5.82 Å². The molecule has 0 atom stereocenters. The summed E-state index contributed by atoms with van der Waals surface area (Å²) in [7, 11) is 0. The molecule has 1 heterocycles. The zero-order valence-electron chi connectivity index (χ0n) is 9.65. The van der Waals surface area contributed by atoms with E-state index in [9.17, 15) is 4.39 Å². The van der Waals surface area contributed by atoms with Crippen molar-refractivity contribution in [2.75, 3.05) is 0 Å². The van der Waals surface area contributed by atoms with Gasteiger partial charge in [0.2, 0.25) is 0 Å². The van der Waals surface area contributed by atoms with Gasteiger partial charge in [-0.2, -0.15) is 0 Å². The molecule has 0 unspecified atom stereocenters. The van der Waals surface area contributed by atoms with Crippen molar-refractivity contribution in [1.29, 1.82) is 0 Å². The van der Waals surface area contributed by atoms with E-state index in [1.807, 2.05) is 18.2 Å². The van der Waals surface area contributed by atoms with E-state index >= 15 is 0 Å². The maximum Gasteiger partial charge on any atom is 0.129 e. The predicted molar refractivity (Wildman–Crippen MR) is 75.7 cm³/mol. The van der Waals surface area contributed by atoms with E-state index in [0.717, 1.165) is 15.5 Å². The van der Waals surface area contributed by atoms with E-state index in [2.05, 4.69) is 26.2 Å². The Kier molecular flexibility index (Phi) is 3.24. The maximum atomic E-state index is 13.8. The molecule has 19 heavy (non-hydrogen) atoms. The van der Waals surface area contributed by atoms with E-state index in [0.29, 0.717) is 17.1 Å². The van der Waals surface area contributed by atoms with Gasteiger partial charge in [0, 0.05) is 15.1 Å². The zero-order chi connectivity index (χ0) is 13.4. The minimum atomic E-state index is -0.342. The second-order valence-corrected chi connectivity index (χ2v) is 5.38. The number of rotatable bonds is 2. The first-order valence-corrected chi connectivity index (χ1v) is 6.74. The van der Waals surface area contributed by atoms with E-state index in [-0.39, 0.29) is 5.82 Å². The molecule has 96 valence electrons. The summed E-state index contributed by atoms with van der Waals surface area (Å²) in [6.07, 6.45) is 0. The first-order chi connectivity index (χ1) is 9.15. The third kappa shape index (κ3) is 2.35. The first kappa shape index (κ1) is 12.6. The van der Waals surface area contributed by atoms with Gasteiger partial charge in [-0.05, 0) is 40.2 Å². The molecule has 6 heteroatoms. The number of halogens is 3. The van der Waals surface area contributed by atoms with Crippen molar-refractivity contribution in [2.24, 2.45) is 0 Å². The summed E-state index contributed by atoms with van der Waals surface area (Å²) in [4.78, 5) is 0. The molecule has 0 aliphatic heterocycles. The molecule has 0 spiro atoms. The van der Waals surface area contributed by atoms with Crippen molar-refractivity contribution >= 4 is 38.6 Å². The highest BCUT2D eigenvalue weighted by Gasteiger charge is 2.10. The summed E-state index contributed by atoms with van der Waals surface area (Å²) >= 11 is 9.15. The van der Waals surface area contributed by atoms with Gasteiger partial charge in [0.15, 0.2) is 0 Å². The van der Waals surface area contributed by atoms with Crippen LogP contribution < -0.4 is 0 Å².